The van der Waals surface area contributed by atoms with E-state index >= 15 is 0 Å². The third-order valence-corrected chi connectivity index (χ3v) is 4.78. The molecule has 2 aromatic heterocycles. The molecule has 2 heterocycles. The highest BCUT2D eigenvalue weighted by molar-refractivity contribution is 7.15. The third kappa shape index (κ3) is 4.15. The van der Waals surface area contributed by atoms with Gasteiger partial charge in [0.15, 0.2) is 0 Å². The quantitative estimate of drug-likeness (QED) is 0.488. The summed E-state index contributed by atoms with van der Waals surface area (Å²) < 4.78 is 7.35. The molecule has 27 heavy (non-hydrogen) atoms. The number of thiazole rings is 1. The molecule has 6 nitrogen and oxygen atoms in total. The number of benzene rings is 2. The highest BCUT2D eigenvalue weighted by Crippen LogP contribution is 2.25. The molecule has 0 aliphatic carbocycles. The highest BCUT2D eigenvalue weighted by atomic mass is 32.1. The minimum absolute atomic E-state index is 0.119. The number of aromatic nitrogens is 3. The fraction of sp³-hybridized carbons (Fsp3) is 0.150. The first-order valence-electron chi connectivity index (χ1n) is 8.67. The SMILES string of the molecule is O=C(CCCOc1ccccc1)Nc1nc2scc(-c3ccccc3)n2n1. The lowest BCUT2D eigenvalue weighted by atomic mass is 10.2. The molecule has 0 unspecified atom stereocenters. The molecule has 7 heteroatoms. The molecule has 0 aliphatic heterocycles. The average molecular weight is 378 g/mol. The van der Waals surface area contributed by atoms with Crippen molar-refractivity contribution >= 4 is 28.2 Å². The van der Waals surface area contributed by atoms with Crippen molar-refractivity contribution in [3.05, 3.63) is 66.0 Å². The summed E-state index contributed by atoms with van der Waals surface area (Å²) in [7, 11) is 0. The second kappa shape index (κ2) is 8.01. The van der Waals surface area contributed by atoms with E-state index in [4.69, 9.17) is 4.74 Å². The predicted octanol–water partition coefficient (Wildman–Crippen LogP) is 4.26. The van der Waals surface area contributed by atoms with Crippen LogP contribution in [0.1, 0.15) is 12.8 Å². The van der Waals surface area contributed by atoms with Crippen LogP contribution in [0.2, 0.25) is 0 Å². The molecule has 136 valence electrons. The summed E-state index contributed by atoms with van der Waals surface area (Å²) in [6.07, 6.45) is 0.976. The number of amides is 1. The predicted molar refractivity (Wildman–Crippen MR) is 106 cm³/mol. The van der Waals surface area contributed by atoms with Crippen molar-refractivity contribution < 1.29 is 9.53 Å². The Morgan fingerprint density at radius 3 is 2.59 bits per heavy atom. The fourth-order valence-corrected chi connectivity index (χ4v) is 3.50. The van der Waals surface area contributed by atoms with Crippen LogP contribution in [0.5, 0.6) is 5.75 Å². The number of hydrogen-bond acceptors (Lipinski definition) is 5. The van der Waals surface area contributed by atoms with Gasteiger partial charge in [-0.2, -0.15) is 4.98 Å². The normalized spacial score (nSPS) is 10.8. The first-order valence-corrected chi connectivity index (χ1v) is 9.55. The van der Waals surface area contributed by atoms with Gasteiger partial charge in [0.1, 0.15) is 5.75 Å². The number of nitrogens with zero attached hydrogens (tertiary/aromatic N) is 3. The molecule has 0 saturated carbocycles. The Labute approximate surface area is 160 Å². The van der Waals surface area contributed by atoms with Gasteiger partial charge in [-0.3, -0.25) is 10.1 Å². The number of ether oxygens (including phenoxy) is 1. The molecule has 0 spiro atoms. The smallest absolute Gasteiger partial charge is 0.250 e. The summed E-state index contributed by atoms with van der Waals surface area (Å²) in [5.41, 5.74) is 2.02. The molecule has 4 rings (SSSR count). The van der Waals surface area contributed by atoms with Crippen molar-refractivity contribution in [2.24, 2.45) is 0 Å². The van der Waals surface area contributed by atoms with E-state index in [1.807, 2.05) is 66.0 Å². The summed E-state index contributed by atoms with van der Waals surface area (Å²) in [6.45, 7) is 0.487. The van der Waals surface area contributed by atoms with Crippen molar-refractivity contribution in [1.82, 2.24) is 14.6 Å². The van der Waals surface area contributed by atoms with Crippen LogP contribution in [0.15, 0.2) is 66.0 Å². The summed E-state index contributed by atoms with van der Waals surface area (Å²) in [4.78, 5) is 17.3. The van der Waals surface area contributed by atoms with E-state index in [1.165, 1.54) is 11.3 Å². The van der Waals surface area contributed by atoms with Crippen LogP contribution < -0.4 is 10.1 Å². The van der Waals surface area contributed by atoms with Gasteiger partial charge in [-0.15, -0.1) is 16.4 Å². The van der Waals surface area contributed by atoms with Gasteiger partial charge >= 0.3 is 0 Å². The van der Waals surface area contributed by atoms with E-state index in [1.54, 1.807) is 4.52 Å². The molecule has 1 N–H and O–H groups in total. The number of carbonyl (C=O) groups excluding carboxylic acids is 1. The number of nitrogens with one attached hydrogen (secondary N) is 1. The van der Waals surface area contributed by atoms with Gasteiger partial charge in [0.05, 0.1) is 12.3 Å². The lowest BCUT2D eigenvalue weighted by Crippen LogP contribution is -2.14. The van der Waals surface area contributed by atoms with Gasteiger partial charge in [-0.1, -0.05) is 48.5 Å². The second-order valence-electron chi connectivity index (χ2n) is 5.93. The minimum Gasteiger partial charge on any atom is -0.494 e. The van der Waals surface area contributed by atoms with Crippen LogP contribution in [-0.4, -0.2) is 27.1 Å². The topological polar surface area (TPSA) is 68.5 Å². The Balaban J connectivity index is 1.33. The maximum Gasteiger partial charge on any atom is 0.250 e. The third-order valence-electron chi connectivity index (χ3n) is 3.96. The highest BCUT2D eigenvalue weighted by Gasteiger charge is 2.13. The number of hydrogen-bond donors (Lipinski definition) is 1. The van der Waals surface area contributed by atoms with Crippen molar-refractivity contribution in [3.8, 4) is 17.0 Å². The van der Waals surface area contributed by atoms with Crippen molar-refractivity contribution in [1.29, 1.82) is 0 Å². The molecule has 4 aromatic rings. The molecule has 0 atom stereocenters. The van der Waals surface area contributed by atoms with Gasteiger partial charge in [0.2, 0.25) is 16.8 Å². The zero-order chi connectivity index (χ0) is 18.5. The molecule has 0 fully saturated rings. The average Bonchev–Trinajstić information content (AvgIpc) is 3.27. The number of carbonyl (C=O) groups is 1. The molecule has 0 saturated heterocycles. The second-order valence-corrected chi connectivity index (χ2v) is 6.77. The Morgan fingerprint density at radius 1 is 1.07 bits per heavy atom. The largest absolute Gasteiger partial charge is 0.494 e. The lowest BCUT2D eigenvalue weighted by Gasteiger charge is -2.05. The zero-order valence-electron chi connectivity index (χ0n) is 14.5. The maximum absolute atomic E-state index is 12.1. The fourth-order valence-electron chi connectivity index (χ4n) is 2.67. The van der Waals surface area contributed by atoms with Crippen LogP contribution in [0.25, 0.3) is 16.2 Å². The minimum atomic E-state index is -0.119. The Hall–Kier alpha value is -3.19. The van der Waals surface area contributed by atoms with Crippen LogP contribution in [0.4, 0.5) is 5.95 Å². The number of rotatable bonds is 7. The van der Waals surface area contributed by atoms with E-state index in [2.05, 4.69) is 15.4 Å². The Kier molecular flexibility index (Phi) is 5.11. The molecule has 1 amide bonds. The van der Waals surface area contributed by atoms with E-state index in [-0.39, 0.29) is 5.91 Å². The van der Waals surface area contributed by atoms with Crippen LogP contribution in [0, 0.1) is 0 Å². The Morgan fingerprint density at radius 2 is 1.81 bits per heavy atom. The monoisotopic (exact) mass is 378 g/mol. The van der Waals surface area contributed by atoms with Crippen molar-refractivity contribution in [3.63, 3.8) is 0 Å². The van der Waals surface area contributed by atoms with Gasteiger partial charge in [-0.05, 0) is 18.6 Å². The first kappa shape index (κ1) is 17.2. The lowest BCUT2D eigenvalue weighted by molar-refractivity contribution is -0.116. The molecule has 0 bridgehead atoms. The number of para-hydroxylation sites is 1. The van der Waals surface area contributed by atoms with Gasteiger partial charge in [0, 0.05) is 17.4 Å². The molecule has 0 aliphatic rings. The van der Waals surface area contributed by atoms with Crippen LogP contribution in [-0.2, 0) is 4.79 Å². The summed E-state index contributed by atoms with van der Waals surface area (Å²) in [5.74, 6) is 1.02. The van der Waals surface area contributed by atoms with Crippen molar-refractivity contribution in [2.45, 2.75) is 12.8 Å². The number of anilines is 1. The first-order chi connectivity index (χ1) is 13.3. The van der Waals surface area contributed by atoms with Crippen LogP contribution >= 0.6 is 11.3 Å². The summed E-state index contributed by atoms with van der Waals surface area (Å²) in [5, 5.41) is 9.19. The zero-order valence-corrected chi connectivity index (χ0v) is 15.4. The van der Waals surface area contributed by atoms with E-state index in [0.717, 1.165) is 22.0 Å². The maximum atomic E-state index is 12.1. The summed E-state index contributed by atoms with van der Waals surface area (Å²) >= 11 is 1.49. The molecule has 0 radical (unpaired) electrons. The molecular weight excluding hydrogens is 360 g/mol. The molecular formula is C20H18N4O2S. The number of fused-ring (bicyclic) bond motifs is 1. The van der Waals surface area contributed by atoms with E-state index in [9.17, 15) is 4.79 Å². The van der Waals surface area contributed by atoms with Gasteiger partial charge in [0.25, 0.3) is 0 Å². The van der Waals surface area contributed by atoms with Crippen LogP contribution in [0.3, 0.4) is 0 Å². The summed E-state index contributed by atoms with van der Waals surface area (Å²) in [6, 6.07) is 19.5. The van der Waals surface area contributed by atoms with Gasteiger partial charge < -0.3 is 4.74 Å². The Bertz CT molecular complexity index is 1030. The van der Waals surface area contributed by atoms with E-state index in [0.29, 0.717) is 25.4 Å². The van der Waals surface area contributed by atoms with E-state index < -0.39 is 0 Å². The molecule has 2 aromatic carbocycles. The van der Waals surface area contributed by atoms with Gasteiger partial charge in [-0.25, -0.2) is 4.52 Å². The standard InChI is InChI=1S/C20H18N4O2S/c25-18(12-7-13-26-16-10-5-2-6-11-16)21-19-22-20-24(23-19)17(14-27-20)15-8-3-1-4-9-15/h1-6,8-11,14H,7,12-13H2,(H,21,23,25). The van der Waals surface area contributed by atoms with Crippen molar-refractivity contribution in [2.75, 3.05) is 11.9 Å².